The van der Waals surface area contributed by atoms with Crippen LogP contribution in [-0.4, -0.2) is 27.0 Å². The highest BCUT2D eigenvalue weighted by Gasteiger charge is 2.12. The van der Waals surface area contributed by atoms with Gasteiger partial charge in [-0.1, -0.05) is 30.3 Å². The zero-order valence-corrected chi connectivity index (χ0v) is 12.9. The van der Waals surface area contributed by atoms with Gasteiger partial charge in [-0.2, -0.15) is 0 Å². The zero-order valence-electron chi connectivity index (χ0n) is 12.9. The van der Waals surface area contributed by atoms with Crippen LogP contribution in [0.15, 0.2) is 48.7 Å². The van der Waals surface area contributed by atoms with Gasteiger partial charge >= 0.3 is 5.97 Å². The standard InChI is InChI=1S/C18H15N3O3/c1-11(22)20-16-8-7-14-13(10-19-17(14)21-16)9-15(18(23)24)12-5-3-2-4-6-12/h2-10H,1H3,(H,23,24)(H2,19,20,21,22)/b15-9+. The predicted molar refractivity (Wildman–Crippen MR) is 92.3 cm³/mol. The van der Waals surface area contributed by atoms with Crippen molar-refractivity contribution in [2.75, 3.05) is 5.32 Å². The summed E-state index contributed by atoms with van der Waals surface area (Å²) in [7, 11) is 0. The highest BCUT2D eigenvalue weighted by atomic mass is 16.4. The molecule has 0 atom stereocenters. The van der Waals surface area contributed by atoms with Gasteiger partial charge in [-0.05, 0) is 23.8 Å². The summed E-state index contributed by atoms with van der Waals surface area (Å²) in [4.78, 5) is 30.0. The average Bonchev–Trinajstić information content (AvgIpc) is 2.94. The molecule has 0 aliphatic rings. The third kappa shape index (κ3) is 3.17. The molecular formula is C18H15N3O3. The third-order valence-electron chi connectivity index (χ3n) is 3.49. The minimum atomic E-state index is -1.00. The minimum Gasteiger partial charge on any atom is -0.478 e. The lowest BCUT2D eigenvalue weighted by Gasteiger charge is -2.03. The second-order valence-electron chi connectivity index (χ2n) is 5.25. The summed E-state index contributed by atoms with van der Waals surface area (Å²) in [6.45, 7) is 1.41. The Hall–Kier alpha value is -3.41. The molecule has 0 fully saturated rings. The van der Waals surface area contributed by atoms with Crippen molar-refractivity contribution in [3.05, 3.63) is 59.8 Å². The van der Waals surface area contributed by atoms with E-state index in [-0.39, 0.29) is 11.5 Å². The summed E-state index contributed by atoms with van der Waals surface area (Å²) >= 11 is 0. The van der Waals surface area contributed by atoms with E-state index in [1.165, 1.54) is 6.92 Å². The molecule has 0 unspecified atom stereocenters. The Morgan fingerprint density at radius 1 is 1.17 bits per heavy atom. The van der Waals surface area contributed by atoms with E-state index in [2.05, 4.69) is 15.3 Å². The van der Waals surface area contributed by atoms with Gasteiger partial charge in [0, 0.05) is 24.1 Å². The van der Waals surface area contributed by atoms with Crippen molar-refractivity contribution in [3.63, 3.8) is 0 Å². The first-order valence-electron chi connectivity index (χ1n) is 7.31. The predicted octanol–water partition coefficient (Wildman–Crippen LogP) is 3.15. The molecule has 0 aliphatic heterocycles. The summed E-state index contributed by atoms with van der Waals surface area (Å²) in [5, 5.41) is 12.9. The van der Waals surface area contributed by atoms with Gasteiger partial charge in [0.25, 0.3) is 0 Å². The van der Waals surface area contributed by atoms with Crippen LogP contribution in [0.4, 0.5) is 5.82 Å². The van der Waals surface area contributed by atoms with Crippen LogP contribution in [0, 0.1) is 0 Å². The molecule has 1 aromatic carbocycles. The van der Waals surface area contributed by atoms with Crippen LogP contribution < -0.4 is 5.32 Å². The summed E-state index contributed by atoms with van der Waals surface area (Å²) in [6.07, 6.45) is 3.30. The van der Waals surface area contributed by atoms with E-state index in [4.69, 9.17) is 0 Å². The molecule has 0 bridgehead atoms. The van der Waals surface area contributed by atoms with Crippen LogP contribution in [0.2, 0.25) is 0 Å². The van der Waals surface area contributed by atoms with Crippen LogP contribution in [0.1, 0.15) is 18.1 Å². The molecule has 3 rings (SSSR count). The number of H-pyrrole nitrogens is 1. The van der Waals surface area contributed by atoms with E-state index in [1.54, 1.807) is 48.7 Å². The lowest BCUT2D eigenvalue weighted by molar-refractivity contribution is -0.130. The summed E-state index contributed by atoms with van der Waals surface area (Å²) in [5.41, 5.74) is 2.11. The maximum Gasteiger partial charge on any atom is 0.336 e. The molecule has 0 spiro atoms. The van der Waals surface area contributed by atoms with Crippen molar-refractivity contribution in [1.82, 2.24) is 9.97 Å². The SMILES string of the molecule is CC(=O)Nc1ccc2c(/C=C(/C(=O)O)c3ccccc3)c[nH]c2n1. The van der Waals surface area contributed by atoms with E-state index in [0.29, 0.717) is 22.6 Å². The van der Waals surface area contributed by atoms with Crippen molar-refractivity contribution < 1.29 is 14.7 Å². The minimum absolute atomic E-state index is 0.197. The normalized spacial score (nSPS) is 11.5. The lowest BCUT2D eigenvalue weighted by Crippen LogP contribution is -2.07. The molecule has 0 saturated carbocycles. The van der Waals surface area contributed by atoms with Crippen molar-refractivity contribution in [2.45, 2.75) is 6.92 Å². The van der Waals surface area contributed by atoms with Crippen molar-refractivity contribution in [1.29, 1.82) is 0 Å². The number of hydrogen-bond donors (Lipinski definition) is 3. The Balaban J connectivity index is 2.05. The monoisotopic (exact) mass is 321 g/mol. The van der Waals surface area contributed by atoms with Gasteiger partial charge in [-0.3, -0.25) is 4.79 Å². The Morgan fingerprint density at radius 2 is 1.92 bits per heavy atom. The number of amides is 1. The molecule has 0 aliphatic carbocycles. The number of benzene rings is 1. The van der Waals surface area contributed by atoms with Crippen LogP contribution in [0.3, 0.4) is 0 Å². The number of carboxylic acid groups (broad SMARTS) is 1. The van der Waals surface area contributed by atoms with Gasteiger partial charge in [0.2, 0.25) is 5.91 Å². The number of aromatic nitrogens is 2. The molecule has 2 aromatic heterocycles. The maximum absolute atomic E-state index is 11.6. The molecule has 3 N–H and O–H groups in total. The van der Waals surface area contributed by atoms with Gasteiger partial charge in [0.1, 0.15) is 11.5 Å². The van der Waals surface area contributed by atoms with Gasteiger partial charge in [0.15, 0.2) is 0 Å². The average molecular weight is 321 g/mol. The number of nitrogens with one attached hydrogen (secondary N) is 2. The number of rotatable bonds is 4. The van der Waals surface area contributed by atoms with E-state index < -0.39 is 5.97 Å². The quantitative estimate of drug-likeness (QED) is 0.643. The Bertz CT molecular complexity index is 943. The summed E-state index contributed by atoms with van der Waals surface area (Å²) < 4.78 is 0. The second kappa shape index (κ2) is 6.37. The van der Waals surface area contributed by atoms with E-state index in [1.807, 2.05) is 6.07 Å². The fourth-order valence-electron chi connectivity index (χ4n) is 2.44. The number of carboxylic acids is 1. The molecule has 2 heterocycles. The molecule has 0 saturated heterocycles. The molecule has 6 heteroatoms. The number of anilines is 1. The van der Waals surface area contributed by atoms with Crippen LogP contribution in [-0.2, 0) is 9.59 Å². The number of hydrogen-bond acceptors (Lipinski definition) is 3. The number of nitrogens with zero attached hydrogens (tertiary/aromatic N) is 1. The van der Waals surface area contributed by atoms with Crippen molar-refractivity contribution in [3.8, 4) is 0 Å². The maximum atomic E-state index is 11.6. The number of carbonyl (C=O) groups excluding carboxylic acids is 1. The van der Waals surface area contributed by atoms with Crippen LogP contribution in [0.25, 0.3) is 22.7 Å². The van der Waals surface area contributed by atoms with Crippen LogP contribution in [0.5, 0.6) is 0 Å². The van der Waals surface area contributed by atoms with Crippen LogP contribution >= 0.6 is 0 Å². The molecule has 0 radical (unpaired) electrons. The fraction of sp³-hybridized carbons (Fsp3) is 0.0556. The van der Waals surface area contributed by atoms with Gasteiger partial charge in [-0.15, -0.1) is 0 Å². The lowest BCUT2D eigenvalue weighted by atomic mass is 10.0. The number of carbonyl (C=O) groups is 2. The van der Waals surface area contributed by atoms with Crippen molar-refractivity contribution in [2.24, 2.45) is 0 Å². The highest BCUT2D eigenvalue weighted by Crippen LogP contribution is 2.24. The molecule has 1 amide bonds. The molecule has 6 nitrogen and oxygen atoms in total. The molecule has 3 aromatic rings. The summed E-state index contributed by atoms with van der Waals surface area (Å²) in [5.74, 6) is -0.766. The van der Waals surface area contributed by atoms with Gasteiger partial charge in [-0.25, -0.2) is 9.78 Å². The number of fused-ring (bicyclic) bond motifs is 1. The zero-order chi connectivity index (χ0) is 17.1. The first kappa shape index (κ1) is 15.5. The Morgan fingerprint density at radius 3 is 2.58 bits per heavy atom. The first-order chi connectivity index (χ1) is 11.5. The van der Waals surface area contributed by atoms with E-state index >= 15 is 0 Å². The number of aliphatic carboxylic acids is 1. The van der Waals surface area contributed by atoms with E-state index in [0.717, 1.165) is 5.39 Å². The van der Waals surface area contributed by atoms with Gasteiger partial charge < -0.3 is 15.4 Å². The second-order valence-corrected chi connectivity index (χ2v) is 5.25. The first-order valence-corrected chi connectivity index (χ1v) is 7.31. The highest BCUT2D eigenvalue weighted by molar-refractivity contribution is 6.21. The van der Waals surface area contributed by atoms with Crippen molar-refractivity contribution >= 4 is 40.4 Å². The Kier molecular flexibility index (Phi) is 4.11. The van der Waals surface area contributed by atoms with Gasteiger partial charge in [0.05, 0.1) is 5.57 Å². The molecular weight excluding hydrogens is 306 g/mol. The molecule has 24 heavy (non-hydrogen) atoms. The molecule has 120 valence electrons. The smallest absolute Gasteiger partial charge is 0.336 e. The topological polar surface area (TPSA) is 95.1 Å². The third-order valence-corrected chi connectivity index (χ3v) is 3.49. The Labute approximate surface area is 137 Å². The van der Waals surface area contributed by atoms with E-state index in [9.17, 15) is 14.7 Å². The summed E-state index contributed by atoms with van der Waals surface area (Å²) in [6, 6.07) is 12.4. The number of pyridine rings is 1. The fourth-order valence-corrected chi connectivity index (χ4v) is 2.44. The number of aromatic amines is 1. The largest absolute Gasteiger partial charge is 0.478 e.